The molecule has 0 N–H and O–H groups in total. The van der Waals surface area contributed by atoms with Gasteiger partial charge in [-0.15, -0.1) is 0 Å². The zero-order chi connectivity index (χ0) is 25.8. The van der Waals surface area contributed by atoms with Crippen LogP contribution in [0.5, 0.6) is 17.2 Å². The highest BCUT2D eigenvalue weighted by Crippen LogP contribution is 2.70. The smallest absolute Gasteiger partial charge is 0.307 e. The number of methoxy groups -OCH3 is 3. The van der Waals surface area contributed by atoms with E-state index >= 15 is 0 Å². The molecule has 36 heavy (non-hydrogen) atoms. The minimum atomic E-state index is -4.35. The van der Waals surface area contributed by atoms with Gasteiger partial charge in [-0.1, -0.05) is 0 Å². The zero-order valence-electron chi connectivity index (χ0n) is 19.9. The monoisotopic (exact) mass is 528 g/mol. The molecule has 6 nitrogen and oxygen atoms in total. The van der Waals surface area contributed by atoms with Gasteiger partial charge in [0.1, 0.15) is 23.1 Å². The molecule has 0 heterocycles. The van der Waals surface area contributed by atoms with E-state index in [-0.39, 0.29) is 4.90 Å². The van der Waals surface area contributed by atoms with Gasteiger partial charge in [-0.25, -0.2) is 8.02 Å². The molecule has 0 aliphatic rings. The Hall–Kier alpha value is -3.53. The van der Waals surface area contributed by atoms with E-state index in [0.717, 1.165) is 12.1 Å². The predicted octanol–water partition coefficient (Wildman–Crippen LogP) is 6.45. The van der Waals surface area contributed by atoms with Gasteiger partial charge >= 0.3 is 10.1 Å². The van der Waals surface area contributed by atoms with Crippen molar-refractivity contribution in [1.82, 2.24) is 0 Å². The standard InChI is InChI=1S/C27H25FO6S2/c1-31-21-6-14-24(15-7-21)35(25-16-8-22(32-2)9-17-25,26-18-10-23(33-3)11-19-26)34-36(29,30)27-12-4-20(28)5-13-27/h4-19H,1-3H3. The van der Waals surface area contributed by atoms with E-state index in [2.05, 4.69) is 0 Å². The summed E-state index contributed by atoms with van der Waals surface area (Å²) < 4.78 is 63.0. The normalized spacial score (nSPS) is 12.1. The lowest BCUT2D eigenvalue weighted by Gasteiger charge is -2.39. The largest absolute Gasteiger partial charge is 0.497 e. The van der Waals surface area contributed by atoms with Crippen LogP contribution < -0.4 is 14.2 Å². The Labute approximate surface area is 211 Å². The van der Waals surface area contributed by atoms with Gasteiger partial charge in [0, 0.05) is 14.7 Å². The van der Waals surface area contributed by atoms with Gasteiger partial charge in [-0.3, -0.25) is 0 Å². The number of rotatable bonds is 9. The molecule has 0 saturated heterocycles. The Morgan fingerprint density at radius 1 is 0.500 bits per heavy atom. The van der Waals surface area contributed by atoms with Gasteiger partial charge in [0.25, 0.3) is 0 Å². The van der Waals surface area contributed by atoms with Crippen LogP contribution in [-0.4, -0.2) is 29.7 Å². The van der Waals surface area contributed by atoms with Crippen molar-refractivity contribution in [2.45, 2.75) is 19.6 Å². The second kappa shape index (κ2) is 10.6. The molecular weight excluding hydrogens is 503 g/mol. The quantitative estimate of drug-likeness (QED) is 0.249. The summed E-state index contributed by atoms with van der Waals surface area (Å²) in [5.74, 6) is 1.28. The van der Waals surface area contributed by atoms with Crippen LogP contribution in [0.25, 0.3) is 0 Å². The second-order valence-corrected chi connectivity index (χ2v) is 12.0. The molecule has 0 atom stereocenters. The highest BCUT2D eigenvalue weighted by Gasteiger charge is 2.38. The molecule has 4 aromatic rings. The Balaban J connectivity index is 2.01. The fraction of sp³-hybridized carbons (Fsp3) is 0.111. The molecule has 0 unspecified atom stereocenters. The van der Waals surface area contributed by atoms with Crippen molar-refractivity contribution in [2.75, 3.05) is 21.3 Å². The van der Waals surface area contributed by atoms with E-state index in [1.807, 2.05) is 0 Å². The minimum absolute atomic E-state index is 0.156. The predicted molar refractivity (Wildman–Crippen MR) is 136 cm³/mol. The van der Waals surface area contributed by atoms with Crippen LogP contribution in [0, 0.1) is 5.82 Å². The summed E-state index contributed by atoms with van der Waals surface area (Å²) in [5, 5.41) is 0. The fourth-order valence-electron chi connectivity index (χ4n) is 3.60. The van der Waals surface area contributed by atoms with Gasteiger partial charge in [-0.2, -0.15) is 8.42 Å². The highest BCUT2D eigenvalue weighted by atomic mass is 32.3. The van der Waals surface area contributed by atoms with Crippen molar-refractivity contribution >= 4 is 20.4 Å². The number of benzene rings is 4. The number of hydrogen-bond donors (Lipinski definition) is 0. The molecule has 0 amide bonds. The van der Waals surface area contributed by atoms with Crippen LogP contribution in [0.15, 0.2) is 117 Å². The van der Waals surface area contributed by atoms with Gasteiger partial charge in [0.15, 0.2) is 0 Å². The Morgan fingerprint density at radius 3 is 1.11 bits per heavy atom. The first-order chi connectivity index (χ1) is 17.3. The molecule has 9 heteroatoms. The van der Waals surface area contributed by atoms with Gasteiger partial charge in [0.05, 0.1) is 26.2 Å². The minimum Gasteiger partial charge on any atom is -0.497 e. The van der Waals surface area contributed by atoms with Crippen LogP contribution >= 0.6 is 10.3 Å². The van der Waals surface area contributed by atoms with Crippen LogP contribution in [0.2, 0.25) is 0 Å². The summed E-state index contributed by atoms with van der Waals surface area (Å²) in [6.07, 6.45) is 0. The molecular formula is C27H25FO6S2. The molecule has 4 aromatic carbocycles. The maximum Gasteiger partial charge on any atom is 0.307 e. The third-order valence-corrected chi connectivity index (χ3v) is 10.7. The molecule has 188 valence electrons. The third kappa shape index (κ3) is 5.04. The van der Waals surface area contributed by atoms with E-state index in [1.54, 1.807) is 94.1 Å². The van der Waals surface area contributed by atoms with Crippen molar-refractivity contribution in [3.63, 3.8) is 0 Å². The number of halogens is 1. The van der Waals surface area contributed by atoms with Crippen molar-refractivity contribution in [3.05, 3.63) is 103 Å². The summed E-state index contributed by atoms with van der Waals surface area (Å²) in [6.45, 7) is 0. The molecule has 4 rings (SSSR count). The molecule has 0 aliphatic heterocycles. The van der Waals surface area contributed by atoms with E-state index in [4.69, 9.17) is 17.8 Å². The molecule has 0 bridgehead atoms. The molecule has 0 aliphatic carbocycles. The maximum atomic E-state index is 13.7. The van der Waals surface area contributed by atoms with Gasteiger partial charge in [0.2, 0.25) is 0 Å². The molecule has 0 aromatic heterocycles. The van der Waals surface area contributed by atoms with Crippen LogP contribution in [0.3, 0.4) is 0 Å². The lowest BCUT2D eigenvalue weighted by atomic mass is 10.3. The first-order valence-electron chi connectivity index (χ1n) is 10.8. The summed E-state index contributed by atoms with van der Waals surface area (Å²) in [5.41, 5.74) is 0. The van der Waals surface area contributed by atoms with Gasteiger partial charge < -0.3 is 14.2 Å². The summed E-state index contributed by atoms with van der Waals surface area (Å²) >= 11 is 0. The molecule has 0 radical (unpaired) electrons. The SMILES string of the molecule is COc1ccc(S(OS(=O)(=O)c2ccc(F)cc2)(c2ccc(OC)cc2)c2ccc(OC)cc2)cc1. The maximum absolute atomic E-state index is 13.7. The number of ether oxygens (including phenoxy) is 3. The van der Waals surface area contributed by atoms with E-state index in [0.29, 0.717) is 31.9 Å². The third-order valence-electron chi connectivity index (χ3n) is 5.47. The highest BCUT2D eigenvalue weighted by molar-refractivity contribution is 8.33. The van der Waals surface area contributed by atoms with Crippen molar-refractivity contribution < 1.29 is 30.6 Å². The van der Waals surface area contributed by atoms with Gasteiger partial charge in [-0.05, 0) is 107 Å². The summed E-state index contributed by atoms with van der Waals surface area (Å²) in [6, 6.07) is 25.7. The van der Waals surface area contributed by atoms with Crippen molar-refractivity contribution in [2.24, 2.45) is 0 Å². The van der Waals surface area contributed by atoms with Crippen molar-refractivity contribution in [1.29, 1.82) is 0 Å². The van der Waals surface area contributed by atoms with E-state index in [1.165, 1.54) is 12.1 Å². The Kier molecular flexibility index (Phi) is 7.53. The van der Waals surface area contributed by atoms with E-state index in [9.17, 15) is 12.8 Å². The Morgan fingerprint density at radius 2 is 0.806 bits per heavy atom. The second-order valence-electron chi connectivity index (χ2n) is 7.56. The average molecular weight is 529 g/mol. The number of hydrogen-bond acceptors (Lipinski definition) is 6. The lowest BCUT2D eigenvalue weighted by Crippen LogP contribution is -2.14. The zero-order valence-corrected chi connectivity index (χ0v) is 21.5. The first kappa shape index (κ1) is 25.6. The fourth-order valence-corrected chi connectivity index (χ4v) is 8.78. The molecule has 0 fully saturated rings. The molecule has 0 spiro atoms. The summed E-state index contributed by atoms with van der Waals surface area (Å²) in [4.78, 5) is 1.69. The molecule has 0 saturated carbocycles. The van der Waals surface area contributed by atoms with E-state index < -0.39 is 26.2 Å². The first-order valence-corrected chi connectivity index (χ1v) is 13.8. The topological polar surface area (TPSA) is 71.1 Å². The van der Waals surface area contributed by atoms with Crippen molar-refractivity contribution in [3.8, 4) is 17.2 Å². The Bertz CT molecular complexity index is 1290. The van der Waals surface area contributed by atoms with Crippen LogP contribution in [0.1, 0.15) is 0 Å². The van der Waals surface area contributed by atoms with Crippen LogP contribution in [-0.2, 0) is 13.7 Å². The lowest BCUT2D eigenvalue weighted by molar-refractivity contribution is 0.414. The van der Waals surface area contributed by atoms with Crippen LogP contribution in [0.4, 0.5) is 4.39 Å². The summed E-state index contributed by atoms with van der Waals surface area (Å²) in [7, 11) is -2.56. The average Bonchev–Trinajstić information content (AvgIpc) is 2.92.